The molecule has 0 aromatic heterocycles. The molecule has 18 heteroatoms. The minimum atomic E-state index is -0.0685. The number of benzene rings is 4. The van der Waals surface area contributed by atoms with Gasteiger partial charge in [0, 0.05) is 62.0 Å². The van der Waals surface area contributed by atoms with E-state index < -0.39 is 0 Å². The Kier molecular flexibility index (Phi) is 24.6. The molecule has 10 nitrogen and oxygen atoms in total. The van der Waals surface area contributed by atoms with E-state index in [-0.39, 0.29) is 23.0 Å². The first kappa shape index (κ1) is 50.0. The molecular formula is C38H46Br8N6O4. The molecule has 0 unspecified atom stereocenters. The van der Waals surface area contributed by atoms with Crippen LogP contribution in [-0.2, 0) is 12.8 Å². The quantitative estimate of drug-likeness (QED) is 0.183. The molecule has 0 atom stereocenters. The lowest BCUT2D eigenvalue weighted by molar-refractivity contribution is -0.787. The van der Waals surface area contributed by atoms with Gasteiger partial charge in [-0.15, -0.1) is 0 Å². The predicted molar refractivity (Wildman–Crippen MR) is 243 cm³/mol. The van der Waals surface area contributed by atoms with Gasteiger partial charge in [-0.25, -0.2) is 0 Å². The Morgan fingerprint density at radius 2 is 0.518 bits per heavy atom. The van der Waals surface area contributed by atoms with Crippen LogP contribution >= 0.6 is 127 Å². The average molecular weight is 1290 g/mol. The third-order valence-corrected chi connectivity index (χ3v) is 13.0. The van der Waals surface area contributed by atoms with E-state index in [1.165, 1.54) is 78.5 Å². The van der Waals surface area contributed by atoms with Crippen LogP contribution in [0.25, 0.3) is 0 Å². The number of nitrogens with one attached hydrogen (secondary N) is 2. The molecule has 10 N–H and O–H groups in total. The van der Waals surface area contributed by atoms with Crippen LogP contribution in [0, 0.1) is 0 Å². The summed E-state index contributed by atoms with van der Waals surface area (Å²) < 4.78 is 4.19. The van der Waals surface area contributed by atoms with E-state index in [4.69, 9.17) is 0 Å². The van der Waals surface area contributed by atoms with Crippen molar-refractivity contribution in [1.82, 2.24) is 10.6 Å². The third-order valence-electron chi connectivity index (χ3n) is 8.30. The third kappa shape index (κ3) is 18.5. The zero-order chi connectivity index (χ0) is 41.0. The normalized spacial score (nSPS) is 15.0. The SMILES string of the molecule is C1C[NH2+]CCN1.C1C[NH2+]CCN1.C1C[NH2+]CC[NH2+]1.[O-]c1c(Br)cc(Cc2cc(Br)c([O-])c(Br)c2)cc1Br.[O-]c1c(Br)cc(Cc2cc(Br)c([O-])c(Br)c2)cc1Br. The van der Waals surface area contributed by atoms with Gasteiger partial charge in [0.05, 0.1) is 26.2 Å². The molecule has 7 rings (SSSR count). The topological polar surface area (TPSA) is 183 Å². The van der Waals surface area contributed by atoms with Gasteiger partial charge < -0.3 is 52.3 Å². The summed E-state index contributed by atoms with van der Waals surface area (Å²) in [4.78, 5) is 0. The molecule has 0 saturated carbocycles. The molecule has 0 spiro atoms. The second-order valence-corrected chi connectivity index (χ2v) is 19.7. The van der Waals surface area contributed by atoms with Crippen LogP contribution in [0.5, 0.6) is 23.0 Å². The molecule has 3 aliphatic rings. The van der Waals surface area contributed by atoms with Crippen molar-refractivity contribution in [2.45, 2.75) is 12.8 Å². The lowest BCUT2D eigenvalue weighted by Crippen LogP contribution is -3.04. The summed E-state index contributed by atoms with van der Waals surface area (Å²) in [5.74, 6) is -0.274. The lowest BCUT2D eigenvalue weighted by atomic mass is 10.0. The largest absolute Gasteiger partial charge is 0.871 e. The van der Waals surface area contributed by atoms with Gasteiger partial charge in [-0.05, 0) is 83.6 Å². The van der Waals surface area contributed by atoms with Crippen molar-refractivity contribution in [2.75, 3.05) is 78.5 Å². The van der Waals surface area contributed by atoms with Gasteiger partial charge in [-0.3, -0.25) is 0 Å². The minimum absolute atomic E-state index is 0.0685. The fourth-order valence-electron chi connectivity index (χ4n) is 5.44. The second kappa shape index (κ2) is 27.5. The van der Waals surface area contributed by atoms with Crippen LogP contribution in [0.15, 0.2) is 84.3 Å². The first-order valence-electron chi connectivity index (χ1n) is 18.0. The highest BCUT2D eigenvalue weighted by Crippen LogP contribution is 2.36. The second-order valence-electron chi connectivity index (χ2n) is 12.9. The molecular weight excluding hydrogens is 1240 g/mol. The van der Waals surface area contributed by atoms with Crippen LogP contribution in [0.1, 0.15) is 22.3 Å². The molecule has 0 radical (unpaired) electrons. The van der Waals surface area contributed by atoms with Gasteiger partial charge in [-0.2, -0.15) is 0 Å². The maximum atomic E-state index is 11.6. The van der Waals surface area contributed by atoms with Crippen LogP contribution in [0.4, 0.5) is 0 Å². The van der Waals surface area contributed by atoms with Gasteiger partial charge in [0.2, 0.25) is 0 Å². The summed E-state index contributed by atoms with van der Waals surface area (Å²) in [6.07, 6.45) is 1.27. The highest BCUT2D eigenvalue weighted by atomic mass is 79.9. The molecule has 3 aliphatic heterocycles. The fourth-order valence-corrected chi connectivity index (χ4v) is 10.6. The van der Waals surface area contributed by atoms with Gasteiger partial charge in [0.25, 0.3) is 0 Å². The smallest absolute Gasteiger partial charge is 0.125 e. The Balaban J connectivity index is 0.000000209. The number of halogens is 8. The van der Waals surface area contributed by atoms with E-state index in [2.05, 4.69) is 159 Å². The standard InChI is InChI=1S/2C13H8Br4O2.3C4H10N2/c2*14-8-2-6(3-9(15)12(8)18)1-7-4-10(16)13(19)11(17)5-7;3*1-2-6-4-3-5-1/h2*2-5,18-19H,1H2;3*5-6H,1-4H2. The molecule has 0 bridgehead atoms. The van der Waals surface area contributed by atoms with E-state index in [0.717, 1.165) is 22.3 Å². The Morgan fingerprint density at radius 1 is 0.339 bits per heavy atom. The molecule has 3 heterocycles. The maximum Gasteiger partial charge on any atom is 0.125 e. The van der Waals surface area contributed by atoms with Gasteiger partial charge in [0.1, 0.15) is 26.2 Å². The number of piperazine rings is 3. The Hall–Kier alpha value is -0.320. The molecule has 56 heavy (non-hydrogen) atoms. The van der Waals surface area contributed by atoms with Crippen LogP contribution in [-0.4, -0.2) is 78.5 Å². The summed E-state index contributed by atoms with van der Waals surface area (Å²) in [5.41, 5.74) is 3.93. The van der Waals surface area contributed by atoms with Crippen molar-refractivity contribution in [1.29, 1.82) is 0 Å². The molecule has 308 valence electrons. The van der Waals surface area contributed by atoms with Gasteiger partial charge in [-0.1, -0.05) is 150 Å². The van der Waals surface area contributed by atoms with Crippen molar-refractivity contribution in [2.24, 2.45) is 0 Å². The van der Waals surface area contributed by atoms with Crippen molar-refractivity contribution in [3.05, 3.63) is 107 Å². The van der Waals surface area contributed by atoms with Crippen LogP contribution in [0.2, 0.25) is 0 Å². The molecule has 0 amide bonds. The highest BCUT2D eigenvalue weighted by Gasteiger charge is 2.07. The summed E-state index contributed by atoms with van der Waals surface area (Å²) in [6.45, 7) is 15.1. The summed E-state index contributed by atoms with van der Waals surface area (Å²) >= 11 is 25.9. The monoisotopic (exact) mass is 1280 g/mol. The van der Waals surface area contributed by atoms with Crippen molar-refractivity contribution < 1.29 is 41.7 Å². The lowest BCUT2D eigenvalue weighted by Gasteiger charge is -2.16. The average Bonchev–Trinajstić information content (AvgIpc) is 3.20. The van der Waals surface area contributed by atoms with Crippen LogP contribution in [0.3, 0.4) is 0 Å². The fraction of sp³-hybridized carbons (Fsp3) is 0.368. The number of hydrogen-bond acceptors (Lipinski definition) is 6. The van der Waals surface area contributed by atoms with E-state index in [1.54, 1.807) is 48.5 Å². The Morgan fingerprint density at radius 3 is 0.643 bits per heavy atom. The predicted octanol–water partition coefficient (Wildman–Crippen LogP) is 2.38. The molecule has 4 aromatic carbocycles. The summed E-state index contributed by atoms with van der Waals surface area (Å²) in [5, 5.41) is 62.2. The first-order valence-corrected chi connectivity index (χ1v) is 24.4. The van der Waals surface area contributed by atoms with Gasteiger partial charge in [0.15, 0.2) is 0 Å². The summed E-state index contributed by atoms with van der Waals surface area (Å²) in [7, 11) is 0. The minimum Gasteiger partial charge on any atom is -0.871 e. The van der Waals surface area contributed by atoms with E-state index in [0.29, 0.717) is 48.6 Å². The molecule has 3 fully saturated rings. The summed E-state index contributed by atoms with van der Waals surface area (Å²) in [6, 6.07) is 14.3. The Labute approximate surface area is 396 Å². The van der Waals surface area contributed by atoms with E-state index in [1.807, 2.05) is 0 Å². The number of rotatable bonds is 4. The first-order chi connectivity index (χ1) is 26.8. The van der Waals surface area contributed by atoms with Gasteiger partial charge >= 0.3 is 0 Å². The van der Waals surface area contributed by atoms with E-state index >= 15 is 0 Å². The highest BCUT2D eigenvalue weighted by molar-refractivity contribution is 9.12. The van der Waals surface area contributed by atoms with Crippen molar-refractivity contribution >= 4 is 127 Å². The Bertz CT molecular complexity index is 1450. The zero-order valence-electron chi connectivity index (χ0n) is 30.5. The number of quaternary nitrogens is 4. The van der Waals surface area contributed by atoms with Crippen LogP contribution < -0.4 is 52.3 Å². The number of hydrogen-bond donors (Lipinski definition) is 6. The maximum absolute atomic E-state index is 11.6. The zero-order valence-corrected chi connectivity index (χ0v) is 43.2. The molecule has 3 saturated heterocycles. The molecule has 0 aliphatic carbocycles. The van der Waals surface area contributed by atoms with Crippen molar-refractivity contribution in [3.63, 3.8) is 0 Å². The molecule has 4 aromatic rings. The van der Waals surface area contributed by atoms with Crippen molar-refractivity contribution in [3.8, 4) is 23.0 Å². The number of nitrogens with two attached hydrogens (primary N) is 4. The van der Waals surface area contributed by atoms with E-state index in [9.17, 15) is 20.4 Å².